The summed E-state index contributed by atoms with van der Waals surface area (Å²) in [4.78, 5) is 11.1. The van der Waals surface area contributed by atoms with Gasteiger partial charge in [0.1, 0.15) is 5.75 Å². The normalized spacial score (nSPS) is 10.3. The third kappa shape index (κ3) is 3.05. The zero-order valence-corrected chi connectivity index (χ0v) is 9.64. The van der Waals surface area contributed by atoms with Crippen LogP contribution in [0.4, 0.5) is 8.78 Å². The van der Waals surface area contributed by atoms with E-state index < -0.39 is 17.5 Å². The average Bonchev–Trinajstić information content (AvgIpc) is 2.88. The predicted octanol–water partition coefficient (Wildman–Crippen LogP) is 0.801. The maximum absolute atomic E-state index is 12.9. The maximum Gasteiger partial charge on any atom is 0.285 e. The molecule has 0 saturated heterocycles. The van der Waals surface area contributed by atoms with Gasteiger partial charge < -0.3 is 4.74 Å². The van der Waals surface area contributed by atoms with E-state index in [9.17, 15) is 13.6 Å². The molecule has 0 fully saturated rings. The van der Waals surface area contributed by atoms with E-state index in [1.54, 1.807) is 0 Å². The second-order valence-corrected chi connectivity index (χ2v) is 3.56. The van der Waals surface area contributed by atoms with E-state index in [-0.39, 0.29) is 18.2 Å². The Morgan fingerprint density at radius 2 is 2.16 bits per heavy atom. The van der Waals surface area contributed by atoms with Gasteiger partial charge in [-0.2, -0.15) is 5.10 Å². The summed E-state index contributed by atoms with van der Waals surface area (Å²) in [7, 11) is 0. The summed E-state index contributed by atoms with van der Waals surface area (Å²) >= 11 is 0. The molecular weight excluding hydrogens is 258 g/mol. The molecule has 0 unspecified atom stereocenters. The smallest absolute Gasteiger partial charge is 0.285 e. The van der Waals surface area contributed by atoms with Gasteiger partial charge in [0.15, 0.2) is 24.1 Å². The van der Waals surface area contributed by atoms with Crippen molar-refractivity contribution in [3.63, 3.8) is 0 Å². The van der Waals surface area contributed by atoms with Crippen molar-refractivity contribution in [2.75, 3.05) is 0 Å². The first-order chi connectivity index (χ1) is 9.10. The van der Waals surface area contributed by atoms with Gasteiger partial charge in [0.25, 0.3) is 5.91 Å². The van der Waals surface area contributed by atoms with Crippen molar-refractivity contribution in [3.05, 3.63) is 47.8 Å². The molecule has 3 N–H and O–H groups in total. The number of benzene rings is 1. The molecular formula is C11H10F2N4O2. The van der Waals surface area contributed by atoms with E-state index in [0.717, 1.165) is 12.1 Å². The highest BCUT2D eigenvalue weighted by Gasteiger charge is 2.08. The molecule has 1 aromatic carbocycles. The van der Waals surface area contributed by atoms with Crippen LogP contribution in [0.1, 0.15) is 10.5 Å². The Morgan fingerprint density at radius 1 is 1.37 bits per heavy atom. The van der Waals surface area contributed by atoms with Crippen LogP contribution in [0, 0.1) is 11.6 Å². The van der Waals surface area contributed by atoms with Crippen LogP contribution in [0.25, 0.3) is 0 Å². The van der Waals surface area contributed by atoms with Gasteiger partial charge in [0.2, 0.25) is 0 Å². The number of hydrogen-bond donors (Lipinski definition) is 2. The largest absolute Gasteiger partial charge is 0.471 e. The number of amides is 1. The number of nitrogens with one attached hydrogen (secondary N) is 1. The topological polar surface area (TPSA) is 82.2 Å². The molecule has 0 spiro atoms. The summed E-state index contributed by atoms with van der Waals surface area (Å²) in [5, 5.41) is 3.87. The second-order valence-electron chi connectivity index (χ2n) is 3.56. The van der Waals surface area contributed by atoms with Crippen molar-refractivity contribution in [3.8, 4) is 5.75 Å². The monoisotopic (exact) mass is 268 g/mol. The number of hydrogen-bond acceptors (Lipinski definition) is 4. The van der Waals surface area contributed by atoms with Crippen LogP contribution in [0.5, 0.6) is 5.75 Å². The summed E-state index contributed by atoms with van der Waals surface area (Å²) in [5.41, 5.74) is 2.06. The minimum absolute atomic E-state index is 0.0527. The Hall–Kier alpha value is -2.48. The van der Waals surface area contributed by atoms with Gasteiger partial charge in [0.05, 0.1) is 0 Å². The second kappa shape index (κ2) is 5.44. The number of nitrogens with zero attached hydrogens (tertiary/aromatic N) is 2. The zero-order chi connectivity index (χ0) is 13.8. The maximum atomic E-state index is 12.9. The SMILES string of the molecule is NNC(=O)c1ccn(COc2ccc(F)c(F)c2)n1. The summed E-state index contributed by atoms with van der Waals surface area (Å²) in [5.74, 6) is 2.62. The van der Waals surface area contributed by atoms with Crippen molar-refractivity contribution in [1.29, 1.82) is 0 Å². The number of aromatic nitrogens is 2. The Kier molecular flexibility index (Phi) is 3.71. The molecule has 0 aliphatic rings. The van der Waals surface area contributed by atoms with E-state index >= 15 is 0 Å². The Labute approximate surface area is 106 Å². The van der Waals surface area contributed by atoms with Crippen LogP contribution < -0.4 is 16.0 Å². The van der Waals surface area contributed by atoms with Gasteiger partial charge in [-0.25, -0.2) is 19.3 Å². The number of nitrogens with two attached hydrogens (primary N) is 1. The first-order valence-electron chi connectivity index (χ1n) is 5.22. The molecule has 8 heteroatoms. The fraction of sp³-hybridized carbons (Fsp3) is 0.0909. The van der Waals surface area contributed by atoms with Crippen molar-refractivity contribution in [1.82, 2.24) is 15.2 Å². The molecule has 0 saturated carbocycles. The van der Waals surface area contributed by atoms with Crippen LogP contribution in [0.3, 0.4) is 0 Å². The highest BCUT2D eigenvalue weighted by molar-refractivity contribution is 5.91. The zero-order valence-electron chi connectivity index (χ0n) is 9.64. The molecule has 1 amide bonds. The third-order valence-electron chi connectivity index (χ3n) is 2.26. The lowest BCUT2D eigenvalue weighted by atomic mass is 10.3. The van der Waals surface area contributed by atoms with E-state index in [1.165, 1.54) is 23.0 Å². The van der Waals surface area contributed by atoms with Crippen molar-refractivity contribution in [2.45, 2.75) is 6.73 Å². The molecule has 1 heterocycles. The fourth-order valence-corrected chi connectivity index (χ4v) is 1.34. The molecule has 1 aromatic heterocycles. The lowest BCUT2D eigenvalue weighted by Crippen LogP contribution is -2.30. The van der Waals surface area contributed by atoms with Gasteiger partial charge >= 0.3 is 0 Å². The van der Waals surface area contributed by atoms with Crippen molar-refractivity contribution >= 4 is 5.91 Å². The van der Waals surface area contributed by atoms with Crippen LogP contribution in [-0.4, -0.2) is 15.7 Å². The quantitative estimate of drug-likeness (QED) is 0.488. The summed E-state index contributed by atoms with van der Waals surface area (Å²) < 4.78 is 32.1. The van der Waals surface area contributed by atoms with E-state index in [2.05, 4.69) is 5.10 Å². The molecule has 0 radical (unpaired) electrons. The highest BCUT2D eigenvalue weighted by atomic mass is 19.2. The number of halogens is 2. The minimum Gasteiger partial charge on any atom is -0.471 e. The van der Waals surface area contributed by atoms with Crippen LogP contribution in [0.2, 0.25) is 0 Å². The Balaban J connectivity index is 2.00. The average molecular weight is 268 g/mol. The molecule has 0 aliphatic heterocycles. The van der Waals surface area contributed by atoms with Crippen LogP contribution in [0.15, 0.2) is 30.5 Å². The van der Waals surface area contributed by atoms with Gasteiger partial charge in [-0.15, -0.1) is 0 Å². The molecule has 0 aliphatic carbocycles. The lowest BCUT2D eigenvalue weighted by molar-refractivity contribution is 0.0946. The molecule has 6 nitrogen and oxygen atoms in total. The molecule has 0 atom stereocenters. The van der Waals surface area contributed by atoms with Crippen LogP contribution >= 0.6 is 0 Å². The molecule has 100 valence electrons. The summed E-state index contributed by atoms with van der Waals surface area (Å²) in [6, 6.07) is 4.61. The number of nitrogen functional groups attached to an aromatic ring is 1. The Bertz CT molecular complexity index is 600. The number of ether oxygens (including phenoxy) is 1. The lowest BCUT2D eigenvalue weighted by Gasteiger charge is -2.06. The third-order valence-corrected chi connectivity index (χ3v) is 2.26. The van der Waals surface area contributed by atoms with E-state index in [1.807, 2.05) is 5.43 Å². The van der Waals surface area contributed by atoms with Gasteiger partial charge in [-0.05, 0) is 18.2 Å². The standard InChI is InChI=1S/C11H10F2N4O2/c12-8-2-1-7(5-9(8)13)19-6-17-4-3-10(16-17)11(18)15-14/h1-5H,6,14H2,(H,15,18). The van der Waals surface area contributed by atoms with Gasteiger partial charge in [-0.1, -0.05) is 0 Å². The molecule has 0 bridgehead atoms. The number of carbonyl (C=O) groups excluding carboxylic acids is 1. The van der Waals surface area contributed by atoms with E-state index in [0.29, 0.717) is 0 Å². The first-order valence-corrected chi connectivity index (χ1v) is 5.22. The fourth-order valence-electron chi connectivity index (χ4n) is 1.34. The highest BCUT2D eigenvalue weighted by Crippen LogP contribution is 2.15. The number of carbonyl (C=O) groups is 1. The molecule has 2 aromatic rings. The van der Waals surface area contributed by atoms with Crippen LogP contribution in [-0.2, 0) is 6.73 Å². The minimum atomic E-state index is -0.999. The first kappa shape index (κ1) is 13.0. The van der Waals surface area contributed by atoms with Gasteiger partial charge in [0, 0.05) is 12.3 Å². The van der Waals surface area contributed by atoms with E-state index in [4.69, 9.17) is 10.6 Å². The van der Waals surface area contributed by atoms with Crippen molar-refractivity contribution in [2.24, 2.45) is 5.84 Å². The predicted molar refractivity (Wildman–Crippen MR) is 60.9 cm³/mol. The van der Waals surface area contributed by atoms with Gasteiger partial charge in [-0.3, -0.25) is 10.2 Å². The Morgan fingerprint density at radius 3 is 2.84 bits per heavy atom. The molecule has 2 rings (SSSR count). The summed E-state index contributed by atoms with van der Waals surface area (Å²) in [6.45, 7) is -0.0527. The number of hydrazine groups is 1. The summed E-state index contributed by atoms with van der Waals surface area (Å²) in [6.07, 6.45) is 1.49. The molecule has 19 heavy (non-hydrogen) atoms. The number of rotatable bonds is 4. The van der Waals surface area contributed by atoms with Crippen molar-refractivity contribution < 1.29 is 18.3 Å².